The number of guanidine groups is 1. The van der Waals surface area contributed by atoms with Crippen molar-refractivity contribution in [3.05, 3.63) is 65.7 Å². The Morgan fingerprint density at radius 2 is 1.19 bits per heavy atom. The second kappa shape index (κ2) is 18.2. The summed E-state index contributed by atoms with van der Waals surface area (Å²) in [7, 11) is 0. The molecular weight excluding hydrogens is 620 g/mol. The number of benzene rings is 2. The Bertz CT molecular complexity index is 1420. The highest BCUT2D eigenvalue weighted by molar-refractivity contribution is 5.98. The number of carbonyl (C=O) groups is 5. The molecule has 15 heteroatoms. The van der Waals surface area contributed by atoms with Gasteiger partial charge in [-0.25, -0.2) is 0 Å². The van der Waals surface area contributed by atoms with Crippen LogP contribution < -0.4 is 37.6 Å². The number of hydrogen-bond acceptors (Lipinski definition) is 8. The van der Waals surface area contributed by atoms with E-state index in [0.717, 1.165) is 5.56 Å². The monoisotopic (exact) mass is 666 g/mol. The Morgan fingerprint density at radius 1 is 0.729 bits per heavy atom. The number of hydrogen-bond donors (Lipinski definition) is 10. The molecule has 0 saturated carbocycles. The van der Waals surface area contributed by atoms with Crippen LogP contribution >= 0.6 is 0 Å². The van der Waals surface area contributed by atoms with Gasteiger partial charge in [-0.1, -0.05) is 56.3 Å². The first-order valence-electron chi connectivity index (χ1n) is 15.9. The number of aliphatic hydroxyl groups is 1. The smallest absolute Gasteiger partial charge is 0.245 e. The molecule has 0 spiro atoms. The number of amides is 5. The van der Waals surface area contributed by atoms with Crippen molar-refractivity contribution in [2.75, 3.05) is 13.2 Å². The molecule has 48 heavy (non-hydrogen) atoms. The molecule has 2 aromatic carbocycles. The van der Waals surface area contributed by atoms with Crippen molar-refractivity contribution in [1.82, 2.24) is 31.9 Å². The molecule has 5 amide bonds. The molecule has 0 radical (unpaired) electrons. The molecule has 0 bridgehead atoms. The maximum absolute atomic E-state index is 13.8. The summed E-state index contributed by atoms with van der Waals surface area (Å²) in [6, 6.07) is 8.76. The third-order valence-electron chi connectivity index (χ3n) is 7.70. The number of nitrogens with one attached hydrogen (secondary N) is 7. The van der Waals surface area contributed by atoms with E-state index in [1.54, 1.807) is 36.4 Å². The van der Waals surface area contributed by atoms with Crippen molar-refractivity contribution in [2.45, 2.75) is 76.2 Å². The molecule has 0 aliphatic carbocycles. The van der Waals surface area contributed by atoms with Crippen LogP contribution in [0.15, 0.2) is 54.6 Å². The zero-order chi connectivity index (χ0) is 35.2. The molecule has 15 nitrogen and oxygen atoms in total. The standard InChI is InChI=1S/C33H46N8O7/c1-19(2)15-24-29(45)41-27(18-42)32(48)40-26(17-21-10-12-22(43)13-11-21)30(46)37-23(9-6-14-36-33(34)35)28(44)39-25(31(47)38-24)16-20-7-4-3-5-8-20/h3-5,7-8,10-13,19,23-27,42-43H,6,9,14-18H2,1-2H3,(H,37,46)(H,38,47)(H,39,44)(H,40,48)(H,41,45)(H4,34,35,36)/t23-,24-,25-,26-,27-/m0/s1. The van der Waals surface area contributed by atoms with Crippen LogP contribution in [0, 0.1) is 11.3 Å². The average molecular weight is 667 g/mol. The van der Waals surface area contributed by atoms with Gasteiger partial charge >= 0.3 is 0 Å². The number of phenolic OH excluding ortho intramolecular Hbond substituents is 1. The molecule has 1 aliphatic heterocycles. The van der Waals surface area contributed by atoms with Crippen LogP contribution in [0.3, 0.4) is 0 Å². The Morgan fingerprint density at radius 3 is 1.73 bits per heavy atom. The Kier molecular flexibility index (Phi) is 14.2. The predicted molar refractivity (Wildman–Crippen MR) is 177 cm³/mol. The van der Waals surface area contributed by atoms with Gasteiger partial charge in [0.05, 0.1) is 6.61 Å². The van der Waals surface area contributed by atoms with Gasteiger partial charge in [-0.3, -0.25) is 29.4 Å². The summed E-state index contributed by atoms with van der Waals surface area (Å²) in [6.07, 6.45) is 0.579. The number of carbonyl (C=O) groups excluding carboxylic acids is 5. The zero-order valence-electron chi connectivity index (χ0n) is 27.1. The molecule has 1 heterocycles. The van der Waals surface area contributed by atoms with Crippen molar-refractivity contribution < 1.29 is 34.2 Å². The SMILES string of the molecule is CC(C)C[C@@H]1NC(=O)[C@H](Cc2ccccc2)NC(=O)[C@H](CCCNC(=N)N)NC(=O)[C@H](Cc2ccc(O)cc2)NC(=O)[C@H](CO)NC1=O. The molecule has 1 fully saturated rings. The van der Waals surface area contributed by atoms with Crippen molar-refractivity contribution in [2.24, 2.45) is 11.7 Å². The Balaban J connectivity index is 2.04. The largest absolute Gasteiger partial charge is 0.508 e. The van der Waals surface area contributed by atoms with Crippen LogP contribution in [0.1, 0.15) is 44.2 Å². The van der Waals surface area contributed by atoms with E-state index in [1.807, 2.05) is 19.9 Å². The summed E-state index contributed by atoms with van der Waals surface area (Å²) in [6.45, 7) is 3.13. The minimum Gasteiger partial charge on any atom is -0.508 e. The highest BCUT2D eigenvalue weighted by atomic mass is 16.3. The molecule has 0 aromatic heterocycles. The van der Waals surface area contributed by atoms with Gasteiger partial charge in [-0.2, -0.15) is 0 Å². The summed E-state index contributed by atoms with van der Waals surface area (Å²) in [4.78, 5) is 68.2. The predicted octanol–water partition coefficient (Wildman–Crippen LogP) is -1.08. The molecule has 3 rings (SSSR count). The van der Waals surface area contributed by atoms with E-state index >= 15 is 0 Å². The summed E-state index contributed by atoms with van der Waals surface area (Å²) in [5, 5.41) is 43.1. The minimum atomic E-state index is -1.46. The Hall–Kier alpha value is -5.18. The molecule has 5 atom stereocenters. The van der Waals surface area contributed by atoms with E-state index in [1.165, 1.54) is 12.1 Å². The van der Waals surface area contributed by atoms with E-state index in [0.29, 0.717) is 12.0 Å². The highest BCUT2D eigenvalue weighted by Crippen LogP contribution is 2.13. The molecule has 260 valence electrons. The lowest BCUT2D eigenvalue weighted by atomic mass is 10.0. The summed E-state index contributed by atoms with van der Waals surface area (Å²) < 4.78 is 0. The van der Waals surface area contributed by atoms with Gasteiger partial charge in [0, 0.05) is 19.4 Å². The van der Waals surface area contributed by atoms with Crippen molar-refractivity contribution in [3.8, 4) is 5.75 Å². The van der Waals surface area contributed by atoms with Gasteiger partial charge in [0.2, 0.25) is 29.5 Å². The first-order valence-corrected chi connectivity index (χ1v) is 15.9. The number of nitrogens with two attached hydrogens (primary N) is 1. The van der Waals surface area contributed by atoms with Crippen molar-refractivity contribution in [3.63, 3.8) is 0 Å². The van der Waals surface area contributed by atoms with E-state index < -0.39 is 66.4 Å². The van der Waals surface area contributed by atoms with E-state index in [-0.39, 0.29) is 49.9 Å². The van der Waals surface area contributed by atoms with Gasteiger partial charge in [0.1, 0.15) is 36.0 Å². The lowest BCUT2D eigenvalue weighted by Crippen LogP contribution is -2.59. The Labute approximate surface area is 279 Å². The second-order valence-corrected chi connectivity index (χ2v) is 12.2. The van der Waals surface area contributed by atoms with E-state index in [9.17, 15) is 34.2 Å². The van der Waals surface area contributed by atoms with Crippen LogP contribution in [0.5, 0.6) is 5.75 Å². The molecule has 2 aromatic rings. The molecular formula is C33H46N8O7. The molecule has 1 aliphatic rings. The second-order valence-electron chi connectivity index (χ2n) is 12.2. The fraction of sp³-hybridized carbons (Fsp3) is 0.455. The minimum absolute atomic E-state index is 0.00237. The maximum Gasteiger partial charge on any atom is 0.245 e. The molecule has 0 unspecified atom stereocenters. The van der Waals surface area contributed by atoms with Crippen LogP contribution in [-0.2, 0) is 36.8 Å². The summed E-state index contributed by atoms with van der Waals surface area (Å²) in [5.74, 6) is -3.97. The van der Waals surface area contributed by atoms with Gasteiger partial charge in [0.15, 0.2) is 5.96 Å². The summed E-state index contributed by atoms with van der Waals surface area (Å²) >= 11 is 0. The van der Waals surface area contributed by atoms with Gasteiger partial charge < -0.3 is 47.8 Å². The van der Waals surface area contributed by atoms with Gasteiger partial charge in [-0.15, -0.1) is 0 Å². The quantitative estimate of drug-likeness (QED) is 0.0795. The number of phenols is 1. The van der Waals surface area contributed by atoms with E-state index in [4.69, 9.17) is 11.1 Å². The van der Waals surface area contributed by atoms with Crippen LogP contribution in [-0.4, -0.2) is 89.1 Å². The third kappa shape index (κ3) is 11.9. The molecule has 11 N–H and O–H groups in total. The van der Waals surface area contributed by atoms with Gasteiger partial charge in [0.25, 0.3) is 0 Å². The molecule has 1 saturated heterocycles. The fourth-order valence-electron chi connectivity index (χ4n) is 5.19. The van der Waals surface area contributed by atoms with Crippen LogP contribution in [0.4, 0.5) is 0 Å². The first-order chi connectivity index (χ1) is 22.9. The van der Waals surface area contributed by atoms with E-state index in [2.05, 4.69) is 31.9 Å². The lowest BCUT2D eigenvalue weighted by Gasteiger charge is -2.26. The van der Waals surface area contributed by atoms with Crippen molar-refractivity contribution in [1.29, 1.82) is 5.41 Å². The number of aromatic hydroxyl groups is 1. The fourth-order valence-corrected chi connectivity index (χ4v) is 5.19. The number of rotatable bonds is 11. The van der Waals surface area contributed by atoms with Crippen LogP contribution in [0.25, 0.3) is 0 Å². The maximum atomic E-state index is 13.8. The normalized spacial score (nSPS) is 22.7. The summed E-state index contributed by atoms with van der Waals surface area (Å²) in [5.41, 5.74) is 6.69. The topological polar surface area (TPSA) is 248 Å². The van der Waals surface area contributed by atoms with Crippen molar-refractivity contribution >= 4 is 35.5 Å². The average Bonchev–Trinajstić information content (AvgIpc) is 3.04. The van der Waals surface area contributed by atoms with Crippen LogP contribution in [0.2, 0.25) is 0 Å². The number of aliphatic hydroxyl groups excluding tert-OH is 1. The zero-order valence-corrected chi connectivity index (χ0v) is 27.1. The highest BCUT2D eigenvalue weighted by Gasteiger charge is 2.34. The first kappa shape index (κ1) is 37.3. The lowest BCUT2D eigenvalue weighted by molar-refractivity contribution is -0.134. The van der Waals surface area contributed by atoms with Gasteiger partial charge in [-0.05, 0) is 48.4 Å². The third-order valence-corrected chi connectivity index (χ3v) is 7.70.